The van der Waals surface area contributed by atoms with Gasteiger partial charge in [0.1, 0.15) is 11.6 Å². The number of rotatable bonds is 5. The summed E-state index contributed by atoms with van der Waals surface area (Å²) in [7, 11) is -3.22. The smallest absolute Gasteiger partial charge is 0.304 e. The van der Waals surface area contributed by atoms with E-state index in [2.05, 4.69) is 0 Å². The summed E-state index contributed by atoms with van der Waals surface area (Å²) < 4.78 is 51.0. The molecule has 1 aromatic carbocycles. The molecule has 0 spiro atoms. The zero-order valence-electron chi connectivity index (χ0n) is 13.6. The van der Waals surface area contributed by atoms with Crippen LogP contribution >= 0.6 is 0 Å². The number of hydrogen-bond donors (Lipinski definition) is 1. The summed E-state index contributed by atoms with van der Waals surface area (Å²) in [4.78, 5) is 14.6. The average Bonchev–Trinajstić information content (AvgIpc) is 2.81. The van der Waals surface area contributed by atoms with E-state index in [4.69, 9.17) is 5.11 Å². The second-order valence-electron chi connectivity index (χ2n) is 6.64. The number of benzene rings is 1. The fourth-order valence-corrected chi connectivity index (χ4v) is 5.79. The number of halogens is 2. The summed E-state index contributed by atoms with van der Waals surface area (Å²) in [6.07, 6.45) is -0.0433. The van der Waals surface area contributed by atoms with Crippen molar-refractivity contribution in [2.45, 2.75) is 25.0 Å². The van der Waals surface area contributed by atoms with Gasteiger partial charge < -0.3 is 5.11 Å². The van der Waals surface area contributed by atoms with Gasteiger partial charge in [0.25, 0.3) is 0 Å². The minimum absolute atomic E-state index is 0.00863. The van der Waals surface area contributed by atoms with Gasteiger partial charge in [0, 0.05) is 44.3 Å². The second-order valence-corrected chi connectivity index (χ2v) is 8.79. The van der Waals surface area contributed by atoms with Gasteiger partial charge in [0.15, 0.2) is 9.84 Å². The monoisotopic (exact) mass is 374 g/mol. The van der Waals surface area contributed by atoms with Crippen LogP contribution in [-0.2, 0) is 21.2 Å². The molecule has 2 fully saturated rings. The van der Waals surface area contributed by atoms with Crippen LogP contribution in [0.1, 0.15) is 12.0 Å². The first-order chi connectivity index (χ1) is 11.7. The lowest BCUT2D eigenvalue weighted by molar-refractivity contribution is -0.137. The molecule has 138 valence electrons. The molecule has 0 aromatic heterocycles. The van der Waals surface area contributed by atoms with Gasteiger partial charge in [0.05, 0.1) is 17.9 Å². The van der Waals surface area contributed by atoms with Gasteiger partial charge in [-0.3, -0.25) is 14.6 Å². The van der Waals surface area contributed by atoms with Crippen LogP contribution in [-0.4, -0.2) is 72.5 Å². The normalized spacial score (nSPS) is 26.5. The van der Waals surface area contributed by atoms with Crippen LogP contribution in [0.3, 0.4) is 0 Å². The van der Waals surface area contributed by atoms with Gasteiger partial charge in [0.2, 0.25) is 0 Å². The lowest BCUT2D eigenvalue weighted by atomic mass is 10.0. The van der Waals surface area contributed by atoms with E-state index in [-0.39, 0.29) is 36.6 Å². The Hall–Kier alpha value is -1.58. The summed E-state index contributed by atoms with van der Waals surface area (Å²) in [5.41, 5.74) is 0.458. The third-order valence-electron chi connectivity index (χ3n) is 4.83. The zero-order chi connectivity index (χ0) is 18.2. The first kappa shape index (κ1) is 18.2. The van der Waals surface area contributed by atoms with Crippen molar-refractivity contribution in [3.63, 3.8) is 0 Å². The molecule has 1 N–H and O–H groups in total. The van der Waals surface area contributed by atoms with Crippen molar-refractivity contribution >= 4 is 15.8 Å². The van der Waals surface area contributed by atoms with Gasteiger partial charge in [-0.05, 0) is 17.7 Å². The van der Waals surface area contributed by atoms with Crippen molar-refractivity contribution in [2.75, 3.05) is 31.1 Å². The highest BCUT2D eigenvalue weighted by atomic mass is 32.2. The number of nitrogens with zero attached hydrogens (tertiary/aromatic N) is 2. The van der Waals surface area contributed by atoms with Crippen molar-refractivity contribution < 1.29 is 27.1 Å². The van der Waals surface area contributed by atoms with Gasteiger partial charge in [-0.25, -0.2) is 17.2 Å². The van der Waals surface area contributed by atoms with Crippen LogP contribution in [0.5, 0.6) is 0 Å². The average molecular weight is 374 g/mol. The van der Waals surface area contributed by atoms with Gasteiger partial charge >= 0.3 is 5.97 Å². The van der Waals surface area contributed by atoms with Crippen molar-refractivity contribution in [1.29, 1.82) is 0 Å². The van der Waals surface area contributed by atoms with E-state index in [1.165, 1.54) is 12.1 Å². The fraction of sp³-hybridized carbons (Fsp3) is 0.562. The van der Waals surface area contributed by atoms with E-state index < -0.39 is 27.4 Å². The van der Waals surface area contributed by atoms with Crippen LogP contribution in [0, 0.1) is 11.6 Å². The fourth-order valence-electron chi connectivity index (χ4n) is 3.75. The van der Waals surface area contributed by atoms with E-state index in [0.717, 1.165) is 6.07 Å². The largest absolute Gasteiger partial charge is 0.481 e. The number of carboxylic acids is 1. The maximum atomic E-state index is 13.4. The SMILES string of the molecule is O=C(O)CCN1CCN(Cc2cc(F)cc(F)c2)[C@H]2CS(=O)(=O)C[C@H]21. The molecule has 0 saturated carbocycles. The standard InChI is InChI=1S/C16H20F2N2O4S/c17-12-5-11(6-13(18)7-12)8-20-4-3-19(2-1-16(21)22)14-9-25(23,24)10-15(14)20/h5-7,14-15H,1-4,8-10H2,(H,21,22)/t14-,15+/m1/s1. The molecule has 2 saturated heterocycles. The molecule has 0 aliphatic carbocycles. The Labute approximate surface area is 145 Å². The lowest BCUT2D eigenvalue weighted by Gasteiger charge is -2.43. The maximum absolute atomic E-state index is 13.4. The first-order valence-electron chi connectivity index (χ1n) is 8.09. The van der Waals surface area contributed by atoms with Crippen LogP contribution in [0.4, 0.5) is 8.78 Å². The minimum Gasteiger partial charge on any atom is -0.481 e. The van der Waals surface area contributed by atoms with E-state index in [9.17, 15) is 22.0 Å². The molecule has 2 atom stereocenters. The third kappa shape index (κ3) is 4.34. The molecule has 2 aliphatic heterocycles. The summed E-state index contributed by atoms with van der Waals surface area (Å²) in [6, 6.07) is 2.72. The Morgan fingerprint density at radius 2 is 1.64 bits per heavy atom. The Morgan fingerprint density at radius 1 is 1.08 bits per heavy atom. The van der Waals surface area contributed by atoms with Gasteiger partial charge in [-0.1, -0.05) is 0 Å². The van der Waals surface area contributed by atoms with Crippen molar-refractivity contribution in [1.82, 2.24) is 9.80 Å². The number of hydrogen-bond acceptors (Lipinski definition) is 5. The Balaban J connectivity index is 1.77. The summed E-state index contributed by atoms with van der Waals surface area (Å²) >= 11 is 0. The number of fused-ring (bicyclic) bond motifs is 1. The van der Waals surface area contributed by atoms with Crippen molar-refractivity contribution in [2.24, 2.45) is 0 Å². The predicted octanol–water partition coefficient (Wildman–Crippen LogP) is 0.723. The third-order valence-corrected chi connectivity index (χ3v) is 6.53. The Bertz CT molecular complexity index is 751. The second kappa shape index (κ2) is 6.97. The maximum Gasteiger partial charge on any atom is 0.304 e. The molecule has 25 heavy (non-hydrogen) atoms. The Kier molecular flexibility index (Phi) is 5.08. The zero-order valence-corrected chi connectivity index (χ0v) is 14.4. The highest BCUT2D eigenvalue weighted by molar-refractivity contribution is 7.91. The van der Waals surface area contributed by atoms with Crippen LogP contribution in [0.25, 0.3) is 0 Å². The van der Waals surface area contributed by atoms with E-state index in [1.807, 2.05) is 9.80 Å². The van der Waals surface area contributed by atoms with Crippen molar-refractivity contribution in [3.05, 3.63) is 35.4 Å². The number of piperazine rings is 1. The topological polar surface area (TPSA) is 77.9 Å². The number of aliphatic carboxylic acids is 1. The molecule has 0 radical (unpaired) electrons. The van der Waals surface area contributed by atoms with E-state index in [1.54, 1.807) is 0 Å². The minimum atomic E-state index is -3.22. The van der Waals surface area contributed by atoms with Gasteiger partial charge in [-0.15, -0.1) is 0 Å². The Morgan fingerprint density at radius 3 is 2.24 bits per heavy atom. The molecular weight excluding hydrogens is 354 g/mol. The van der Waals surface area contributed by atoms with Gasteiger partial charge in [-0.2, -0.15) is 0 Å². The molecule has 2 heterocycles. The molecule has 0 bridgehead atoms. The molecule has 2 aliphatic rings. The predicted molar refractivity (Wildman–Crippen MR) is 86.8 cm³/mol. The van der Waals surface area contributed by atoms with Crippen molar-refractivity contribution in [3.8, 4) is 0 Å². The summed E-state index contributed by atoms with van der Waals surface area (Å²) in [5.74, 6) is -2.27. The molecule has 6 nitrogen and oxygen atoms in total. The number of carbonyl (C=O) groups is 1. The molecule has 9 heteroatoms. The number of carboxylic acid groups (broad SMARTS) is 1. The quantitative estimate of drug-likeness (QED) is 0.819. The van der Waals surface area contributed by atoms with Crippen LogP contribution in [0.2, 0.25) is 0 Å². The highest BCUT2D eigenvalue weighted by Gasteiger charge is 2.46. The lowest BCUT2D eigenvalue weighted by Crippen LogP contribution is -2.58. The molecule has 1 aromatic rings. The molecule has 3 rings (SSSR count). The molecular formula is C16H20F2N2O4S. The van der Waals surface area contributed by atoms with Crippen LogP contribution < -0.4 is 0 Å². The molecule has 0 unspecified atom stereocenters. The summed E-state index contributed by atoms with van der Waals surface area (Å²) in [5, 5.41) is 8.86. The first-order valence-corrected chi connectivity index (χ1v) is 9.91. The molecule has 0 amide bonds. The summed E-state index contributed by atoms with van der Waals surface area (Å²) in [6.45, 7) is 1.61. The number of sulfone groups is 1. The highest BCUT2D eigenvalue weighted by Crippen LogP contribution is 2.28. The van der Waals surface area contributed by atoms with E-state index >= 15 is 0 Å². The van der Waals surface area contributed by atoms with Crippen LogP contribution in [0.15, 0.2) is 18.2 Å². The van der Waals surface area contributed by atoms with E-state index in [0.29, 0.717) is 25.2 Å².